The van der Waals surface area contributed by atoms with Crippen molar-refractivity contribution in [2.24, 2.45) is 0 Å². The van der Waals surface area contributed by atoms with Crippen LogP contribution in [0.15, 0.2) is 53.4 Å². The Bertz CT molecular complexity index is 1610. The number of likely N-dealkylation sites (tertiary alicyclic amines) is 1. The first-order valence-electron chi connectivity index (χ1n) is 15.6. The lowest BCUT2D eigenvalue weighted by Crippen LogP contribution is -2.60. The Morgan fingerprint density at radius 2 is 1.70 bits per heavy atom. The zero-order valence-corrected chi connectivity index (χ0v) is 26.4. The molecule has 6 rings (SSSR count). The first kappa shape index (κ1) is 30.5. The van der Waals surface area contributed by atoms with Crippen LogP contribution >= 0.6 is 0 Å². The highest BCUT2D eigenvalue weighted by molar-refractivity contribution is 7.92. The van der Waals surface area contributed by atoms with Gasteiger partial charge in [0.2, 0.25) is 11.8 Å². The van der Waals surface area contributed by atoms with Crippen LogP contribution in [0, 0.1) is 13.8 Å². The van der Waals surface area contributed by atoms with Crippen LogP contribution in [0.2, 0.25) is 0 Å². The molecule has 0 radical (unpaired) electrons. The molecule has 1 amide bonds. The maximum absolute atomic E-state index is 14.2. The number of benzene rings is 2. The van der Waals surface area contributed by atoms with E-state index in [0.717, 1.165) is 68.3 Å². The molecule has 234 valence electrons. The lowest BCUT2D eigenvalue weighted by molar-refractivity contribution is -0.0179. The first-order chi connectivity index (χ1) is 21.1. The van der Waals surface area contributed by atoms with E-state index in [2.05, 4.69) is 26.5 Å². The molecule has 2 aromatic carbocycles. The van der Waals surface area contributed by atoms with Crippen LogP contribution in [0.25, 0.3) is 11.3 Å². The molecular formula is C33H41N5O5S. The van der Waals surface area contributed by atoms with Crippen molar-refractivity contribution in [3.63, 3.8) is 0 Å². The molecule has 11 heteroatoms. The van der Waals surface area contributed by atoms with Gasteiger partial charge in [0.25, 0.3) is 15.9 Å². The SMILES string of the molecule is CCC[C@@H]1COc2cc(-c3c(C)cccc3C)nc(n2)NS(=O)(=O)c2cccc(c2)C(=O)N1[C@H]1C[C@@H](N2CCC(O)CC2)C1. The third-order valence-corrected chi connectivity index (χ3v) is 10.6. The Balaban J connectivity index is 1.39. The number of piperidine rings is 1. The van der Waals surface area contributed by atoms with E-state index < -0.39 is 10.0 Å². The summed E-state index contributed by atoms with van der Waals surface area (Å²) >= 11 is 0. The van der Waals surface area contributed by atoms with E-state index in [4.69, 9.17) is 4.74 Å². The molecule has 2 N–H and O–H groups in total. The summed E-state index contributed by atoms with van der Waals surface area (Å²) in [5.74, 6) is -0.0448. The molecule has 0 unspecified atom stereocenters. The Morgan fingerprint density at radius 1 is 1.00 bits per heavy atom. The minimum Gasteiger partial charge on any atom is -0.475 e. The number of aliphatic hydroxyl groups is 1. The Kier molecular flexibility index (Phi) is 8.63. The number of nitrogens with one attached hydrogen (secondary N) is 1. The molecule has 1 aliphatic carbocycles. The van der Waals surface area contributed by atoms with Gasteiger partial charge in [-0.05, 0) is 75.3 Å². The fourth-order valence-electron chi connectivity index (χ4n) is 6.80. The highest BCUT2D eigenvalue weighted by atomic mass is 32.2. The lowest BCUT2D eigenvalue weighted by Gasteiger charge is -2.50. The van der Waals surface area contributed by atoms with E-state index in [1.54, 1.807) is 18.2 Å². The van der Waals surface area contributed by atoms with Crippen molar-refractivity contribution in [1.82, 2.24) is 19.8 Å². The van der Waals surface area contributed by atoms with E-state index in [0.29, 0.717) is 17.3 Å². The standard InChI is InChI=1S/C33H41N5O5S/c1-4-7-24-20-43-30-19-29(31-21(2)8-5-9-22(31)3)34-33(35-30)36-44(41,42)28-11-6-10-23(16-28)32(40)38(24)26-17-25(18-26)37-14-12-27(39)13-15-37/h5-6,8-11,16,19,24-27,39H,4,7,12-15,17-18,20H2,1-3H3,(H,34,35,36)/t24-,25-,26+/m1/s1. The van der Waals surface area contributed by atoms with Crippen molar-refractivity contribution in [2.45, 2.75) is 88.4 Å². The molecule has 1 saturated heterocycles. The van der Waals surface area contributed by atoms with Crippen LogP contribution in [0.3, 0.4) is 0 Å². The molecule has 1 aromatic heterocycles. The number of aromatic nitrogens is 2. The van der Waals surface area contributed by atoms with Gasteiger partial charge in [0, 0.05) is 42.4 Å². The number of rotatable bonds is 5. The fraction of sp³-hybridized carbons (Fsp3) is 0.485. The summed E-state index contributed by atoms with van der Waals surface area (Å²) in [6.45, 7) is 8.00. The number of carbonyl (C=O) groups is 1. The second kappa shape index (κ2) is 12.5. The van der Waals surface area contributed by atoms with E-state index in [1.165, 1.54) is 12.1 Å². The van der Waals surface area contributed by atoms with Crippen LogP contribution in [0.4, 0.5) is 5.95 Å². The van der Waals surface area contributed by atoms with E-state index in [-0.39, 0.29) is 47.4 Å². The minimum atomic E-state index is -4.11. The normalized spacial score (nSPS) is 24.2. The number of anilines is 1. The van der Waals surface area contributed by atoms with Gasteiger partial charge in [0.15, 0.2) is 0 Å². The molecule has 1 atom stereocenters. The number of nitrogens with zero attached hydrogens (tertiary/aromatic N) is 4. The second-order valence-corrected chi connectivity index (χ2v) is 14.0. The average molecular weight is 620 g/mol. The summed E-state index contributed by atoms with van der Waals surface area (Å²) in [6.07, 6.45) is 4.54. The fourth-order valence-corrected chi connectivity index (χ4v) is 7.79. The molecule has 0 spiro atoms. The van der Waals surface area contributed by atoms with E-state index >= 15 is 0 Å². The predicted molar refractivity (Wildman–Crippen MR) is 168 cm³/mol. The first-order valence-corrected chi connectivity index (χ1v) is 17.1. The zero-order chi connectivity index (χ0) is 31.0. The summed E-state index contributed by atoms with van der Waals surface area (Å²) in [6, 6.07) is 14.0. The summed E-state index contributed by atoms with van der Waals surface area (Å²) < 4.78 is 36.0. The summed E-state index contributed by atoms with van der Waals surface area (Å²) in [5, 5.41) is 9.97. The molecule has 2 aliphatic heterocycles. The predicted octanol–water partition coefficient (Wildman–Crippen LogP) is 4.55. The molecule has 2 fully saturated rings. The number of carbonyl (C=O) groups excluding carboxylic acids is 1. The van der Waals surface area contributed by atoms with Crippen molar-refractivity contribution in [3.05, 3.63) is 65.2 Å². The maximum atomic E-state index is 14.2. The maximum Gasteiger partial charge on any atom is 0.264 e. The third kappa shape index (κ3) is 6.18. The topological polar surface area (TPSA) is 125 Å². The summed E-state index contributed by atoms with van der Waals surface area (Å²) in [5.41, 5.74) is 3.76. The van der Waals surface area contributed by atoms with Gasteiger partial charge in [-0.2, -0.15) is 4.98 Å². The number of fused-ring (bicyclic) bond motifs is 4. The number of hydrogen-bond acceptors (Lipinski definition) is 8. The van der Waals surface area contributed by atoms with E-state index in [1.807, 2.05) is 36.9 Å². The number of amides is 1. The van der Waals surface area contributed by atoms with Crippen LogP contribution in [0.1, 0.15) is 66.9 Å². The number of aryl methyl sites for hydroxylation is 2. The van der Waals surface area contributed by atoms with Crippen LogP contribution in [-0.2, 0) is 10.0 Å². The number of ether oxygens (including phenoxy) is 1. The van der Waals surface area contributed by atoms with Crippen molar-refractivity contribution >= 4 is 21.9 Å². The van der Waals surface area contributed by atoms with Gasteiger partial charge in [-0.15, -0.1) is 0 Å². The smallest absolute Gasteiger partial charge is 0.264 e. The Morgan fingerprint density at radius 3 is 2.41 bits per heavy atom. The van der Waals surface area contributed by atoms with Gasteiger partial charge in [0.05, 0.1) is 22.7 Å². The summed E-state index contributed by atoms with van der Waals surface area (Å²) in [4.78, 5) is 27.6. The molecule has 3 aliphatic rings. The number of hydrogen-bond donors (Lipinski definition) is 2. The lowest BCUT2D eigenvalue weighted by atomic mass is 9.81. The van der Waals surface area contributed by atoms with Crippen molar-refractivity contribution in [2.75, 3.05) is 24.4 Å². The van der Waals surface area contributed by atoms with Gasteiger partial charge in [-0.1, -0.05) is 37.6 Å². The molecule has 1 saturated carbocycles. The number of sulfonamides is 1. The summed E-state index contributed by atoms with van der Waals surface area (Å²) in [7, 11) is -4.11. The quantitative estimate of drug-likeness (QED) is 0.426. The zero-order valence-electron chi connectivity index (χ0n) is 25.6. The van der Waals surface area contributed by atoms with E-state index in [9.17, 15) is 18.3 Å². The van der Waals surface area contributed by atoms with Crippen LogP contribution in [-0.4, -0.2) is 83.1 Å². The van der Waals surface area contributed by atoms with Crippen molar-refractivity contribution in [3.8, 4) is 17.1 Å². The molecule has 44 heavy (non-hydrogen) atoms. The van der Waals surface area contributed by atoms with Crippen LogP contribution in [0.5, 0.6) is 5.88 Å². The highest BCUT2D eigenvalue weighted by Crippen LogP contribution is 2.36. The van der Waals surface area contributed by atoms with Gasteiger partial charge in [-0.3, -0.25) is 4.79 Å². The van der Waals surface area contributed by atoms with Gasteiger partial charge >= 0.3 is 0 Å². The Labute approximate surface area is 259 Å². The molecule has 3 heterocycles. The van der Waals surface area contributed by atoms with Gasteiger partial charge in [-0.25, -0.2) is 18.1 Å². The number of aliphatic hydroxyl groups excluding tert-OH is 1. The molecular weight excluding hydrogens is 578 g/mol. The molecule has 3 aromatic rings. The largest absolute Gasteiger partial charge is 0.475 e. The van der Waals surface area contributed by atoms with Crippen molar-refractivity contribution in [1.29, 1.82) is 0 Å². The third-order valence-electron chi connectivity index (χ3n) is 9.23. The minimum absolute atomic E-state index is 0.00541. The second-order valence-electron chi connectivity index (χ2n) is 12.3. The molecule has 4 bridgehead atoms. The molecule has 10 nitrogen and oxygen atoms in total. The van der Waals surface area contributed by atoms with Gasteiger partial charge in [0.1, 0.15) is 6.61 Å². The van der Waals surface area contributed by atoms with Crippen LogP contribution < -0.4 is 9.46 Å². The monoisotopic (exact) mass is 619 g/mol. The highest BCUT2D eigenvalue weighted by Gasteiger charge is 2.43. The van der Waals surface area contributed by atoms with Crippen molar-refractivity contribution < 1.29 is 23.1 Å². The Hall–Kier alpha value is -3.54. The average Bonchev–Trinajstić information content (AvgIpc) is 2.97. The van der Waals surface area contributed by atoms with Gasteiger partial charge < -0.3 is 19.6 Å².